The van der Waals surface area contributed by atoms with Crippen molar-refractivity contribution in [1.29, 1.82) is 0 Å². The van der Waals surface area contributed by atoms with Gasteiger partial charge >= 0.3 is 0 Å². The topological polar surface area (TPSA) is 44.1 Å². The minimum Gasteiger partial charge on any atom is -0.488 e. The summed E-state index contributed by atoms with van der Waals surface area (Å²) in [5.41, 5.74) is 1.66. The molecule has 1 aliphatic heterocycles. The monoisotopic (exact) mass is 354 g/mol. The standard InChI is InChI=1S/C20H16F2N2O2/c1-2-26-18-15(21)10-12(11-16(18)22)9-13-7-8-24-17-6-4-3-5-14(17)20(25)23-19(13)24/h3-6,9-11H,2,7-8H2,1H3/b13-9-. The SMILES string of the molecule is CCOc1c(F)cc(/C=C2/CCn3c2nc(=O)c2ccccc23)cc1F. The fourth-order valence-corrected chi connectivity index (χ4v) is 3.32. The number of aryl methyl sites for hydroxylation is 1. The Bertz CT molecular complexity index is 1080. The van der Waals surface area contributed by atoms with Crippen molar-refractivity contribution < 1.29 is 13.5 Å². The van der Waals surface area contributed by atoms with Gasteiger partial charge in [-0.15, -0.1) is 0 Å². The van der Waals surface area contributed by atoms with E-state index in [1.54, 1.807) is 25.1 Å². The average molecular weight is 354 g/mol. The summed E-state index contributed by atoms with van der Waals surface area (Å²) in [6.07, 6.45) is 2.30. The summed E-state index contributed by atoms with van der Waals surface area (Å²) in [5.74, 6) is -1.33. The van der Waals surface area contributed by atoms with Gasteiger partial charge in [-0.05, 0) is 54.8 Å². The molecule has 0 unspecified atom stereocenters. The summed E-state index contributed by atoms with van der Waals surface area (Å²) in [5, 5.41) is 0.565. The van der Waals surface area contributed by atoms with Crippen LogP contribution in [0.15, 0.2) is 41.2 Å². The van der Waals surface area contributed by atoms with Gasteiger partial charge in [-0.2, -0.15) is 4.98 Å². The van der Waals surface area contributed by atoms with E-state index in [1.165, 1.54) is 12.1 Å². The van der Waals surface area contributed by atoms with Crippen LogP contribution in [0.25, 0.3) is 22.6 Å². The predicted octanol–water partition coefficient (Wildman–Crippen LogP) is 4.02. The Morgan fingerprint density at radius 2 is 1.96 bits per heavy atom. The van der Waals surface area contributed by atoms with Crippen molar-refractivity contribution in [1.82, 2.24) is 9.55 Å². The van der Waals surface area contributed by atoms with Gasteiger partial charge in [-0.25, -0.2) is 8.78 Å². The van der Waals surface area contributed by atoms with Crippen LogP contribution in [0.4, 0.5) is 8.78 Å². The van der Waals surface area contributed by atoms with Crippen LogP contribution >= 0.6 is 0 Å². The quantitative estimate of drug-likeness (QED) is 0.714. The first-order valence-electron chi connectivity index (χ1n) is 8.41. The van der Waals surface area contributed by atoms with E-state index in [2.05, 4.69) is 4.98 Å². The highest BCUT2D eigenvalue weighted by Gasteiger charge is 2.21. The molecule has 0 bridgehead atoms. The van der Waals surface area contributed by atoms with Crippen LogP contribution in [0.3, 0.4) is 0 Å². The van der Waals surface area contributed by atoms with E-state index in [0.29, 0.717) is 29.7 Å². The molecule has 4 nitrogen and oxygen atoms in total. The van der Waals surface area contributed by atoms with Crippen molar-refractivity contribution >= 4 is 22.6 Å². The summed E-state index contributed by atoms with van der Waals surface area (Å²) in [6, 6.07) is 9.74. The lowest BCUT2D eigenvalue weighted by Gasteiger charge is -2.08. The van der Waals surface area contributed by atoms with Gasteiger partial charge in [-0.1, -0.05) is 12.1 Å². The highest BCUT2D eigenvalue weighted by Crippen LogP contribution is 2.31. The van der Waals surface area contributed by atoms with Crippen LogP contribution in [-0.4, -0.2) is 16.2 Å². The second-order valence-electron chi connectivity index (χ2n) is 6.08. The molecule has 0 spiro atoms. The molecule has 6 heteroatoms. The molecule has 4 rings (SSSR count). The normalized spacial score (nSPS) is 14.8. The maximum Gasteiger partial charge on any atom is 0.281 e. The van der Waals surface area contributed by atoms with E-state index in [1.807, 2.05) is 16.7 Å². The first-order valence-corrected chi connectivity index (χ1v) is 8.41. The Morgan fingerprint density at radius 3 is 2.69 bits per heavy atom. The molecule has 0 saturated carbocycles. The lowest BCUT2D eigenvalue weighted by atomic mass is 10.1. The number of fused-ring (bicyclic) bond motifs is 3. The molecular weight excluding hydrogens is 338 g/mol. The molecule has 26 heavy (non-hydrogen) atoms. The summed E-state index contributed by atoms with van der Waals surface area (Å²) >= 11 is 0. The number of ether oxygens (including phenoxy) is 1. The Kier molecular flexibility index (Phi) is 4.03. The van der Waals surface area contributed by atoms with Gasteiger partial charge in [0.15, 0.2) is 17.4 Å². The smallest absolute Gasteiger partial charge is 0.281 e. The maximum absolute atomic E-state index is 14.1. The molecule has 0 radical (unpaired) electrons. The van der Waals surface area contributed by atoms with Gasteiger partial charge in [-0.3, -0.25) is 4.79 Å². The van der Waals surface area contributed by atoms with E-state index >= 15 is 0 Å². The molecule has 0 N–H and O–H groups in total. The van der Waals surface area contributed by atoms with Gasteiger partial charge in [0, 0.05) is 6.54 Å². The van der Waals surface area contributed by atoms with E-state index in [4.69, 9.17) is 4.74 Å². The molecule has 1 aromatic heterocycles. The van der Waals surface area contributed by atoms with Crippen LogP contribution in [0.2, 0.25) is 0 Å². The van der Waals surface area contributed by atoms with E-state index in [-0.39, 0.29) is 17.9 Å². The third-order valence-corrected chi connectivity index (χ3v) is 4.43. The molecule has 0 fully saturated rings. The second-order valence-corrected chi connectivity index (χ2v) is 6.08. The lowest BCUT2D eigenvalue weighted by molar-refractivity contribution is 0.302. The second kappa shape index (κ2) is 6.37. The molecule has 0 amide bonds. The predicted molar refractivity (Wildman–Crippen MR) is 96.0 cm³/mol. The van der Waals surface area contributed by atoms with Gasteiger partial charge < -0.3 is 9.30 Å². The van der Waals surface area contributed by atoms with Crippen molar-refractivity contribution in [2.75, 3.05) is 6.61 Å². The first-order chi connectivity index (χ1) is 12.6. The molecule has 0 aliphatic carbocycles. The lowest BCUT2D eigenvalue weighted by Crippen LogP contribution is -2.14. The zero-order chi connectivity index (χ0) is 18.3. The number of hydrogen-bond donors (Lipinski definition) is 0. The molecule has 132 valence electrons. The summed E-state index contributed by atoms with van der Waals surface area (Å²) < 4.78 is 35.1. The van der Waals surface area contributed by atoms with Crippen LogP contribution in [0.5, 0.6) is 5.75 Å². The molecular formula is C20H16F2N2O2. The van der Waals surface area contributed by atoms with E-state index in [0.717, 1.165) is 11.1 Å². The molecule has 0 saturated heterocycles. The van der Waals surface area contributed by atoms with Crippen LogP contribution in [0.1, 0.15) is 24.7 Å². The van der Waals surface area contributed by atoms with E-state index in [9.17, 15) is 13.6 Å². The van der Waals surface area contributed by atoms with E-state index < -0.39 is 11.6 Å². The first kappa shape index (κ1) is 16.4. The largest absolute Gasteiger partial charge is 0.488 e. The Balaban J connectivity index is 1.82. The van der Waals surface area contributed by atoms with Gasteiger partial charge in [0.2, 0.25) is 0 Å². The minimum absolute atomic E-state index is 0.182. The maximum atomic E-state index is 14.1. The fourth-order valence-electron chi connectivity index (χ4n) is 3.32. The zero-order valence-corrected chi connectivity index (χ0v) is 14.1. The van der Waals surface area contributed by atoms with Gasteiger partial charge in [0.05, 0.1) is 17.5 Å². The Labute approximate surface area is 148 Å². The minimum atomic E-state index is -0.749. The Hall–Kier alpha value is -3.02. The zero-order valence-electron chi connectivity index (χ0n) is 14.1. The number of para-hydroxylation sites is 1. The fraction of sp³-hybridized carbons (Fsp3) is 0.200. The molecule has 2 heterocycles. The van der Waals surface area contributed by atoms with Crippen molar-refractivity contribution in [3.8, 4) is 5.75 Å². The van der Waals surface area contributed by atoms with Crippen LogP contribution in [-0.2, 0) is 6.54 Å². The third kappa shape index (κ3) is 2.67. The van der Waals surface area contributed by atoms with Crippen molar-refractivity contribution in [2.24, 2.45) is 0 Å². The van der Waals surface area contributed by atoms with Crippen molar-refractivity contribution in [3.63, 3.8) is 0 Å². The molecule has 0 atom stereocenters. The van der Waals surface area contributed by atoms with Gasteiger partial charge in [0.25, 0.3) is 5.56 Å². The summed E-state index contributed by atoms with van der Waals surface area (Å²) in [7, 11) is 0. The van der Waals surface area contributed by atoms with Crippen molar-refractivity contribution in [2.45, 2.75) is 19.9 Å². The highest BCUT2D eigenvalue weighted by molar-refractivity contribution is 5.85. The number of hydrogen-bond acceptors (Lipinski definition) is 3. The molecule has 1 aliphatic rings. The number of nitrogens with zero attached hydrogens (tertiary/aromatic N) is 2. The van der Waals surface area contributed by atoms with Gasteiger partial charge in [0.1, 0.15) is 5.82 Å². The van der Waals surface area contributed by atoms with Crippen molar-refractivity contribution in [3.05, 3.63) is 69.8 Å². The molecule has 3 aromatic rings. The Morgan fingerprint density at radius 1 is 1.23 bits per heavy atom. The number of benzene rings is 2. The highest BCUT2D eigenvalue weighted by atomic mass is 19.1. The van der Waals surface area contributed by atoms with Crippen LogP contribution < -0.4 is 10.3 Å². The number of halogens is 2. The van der Waals surface area contributed by atoms with Crippen LogP contribution in [0, 0.1) is 11.6 Å². The summed E-state index contributed by atoms with van der Waals surface area (Å²) in [4.78, 5) is 16.5. The summed E-state index contributed by atoms with van der Waals surface area (Å²) in [6.45, 7) is 2.51. The number of allylic oxidation sites excluding steroid dienone is 1. The average Bonchev–Trinajstić information content (AvgIpc) is 3.01. The number of aromatic nitrogens is 2. The molecule has 2 aromatic carbocycles. The number of rotatable bonds is 3. The third-order valence-electron chi connectivity index (χ3n) is 4.43.